The van der Waals surface area contributed by atoms with Gasteiger partial charge >= 0.3 is 0 Å². The van der Waals surface area contributed by atoms with E-state index in [2.05, 4.69) is 22.5 Å². The van der Waals surface area contributed by atoms with Crippen molar-refractivity contribution in [2.24, 2.45) is 5.92 Å². The minimum Gasteiger partial charge on any atom is -0.379 e. The molecule has 0 radical (unpaired) electrons. The Morgan fingerprint density at radius 2 is 2.42 bits per heavy atom. The van der Waals surface area contributed by atoms with Crippen molar-refractivity contribution in [3.05, 3.63) is 16.1 Å². The second-order valence-electron chi connectivity index (χ2n) is 4.78. The van der Waals surface area contributed by atoms with E-state index in [9.17, 15) is 4.79 Å². The van der Waals surface area contributed by atoms with Crippen LogP contribution < -0.4 is 10.6 Å². The van der Waals surface area contributed by atoms with Gasteiger partial charge in [0.25, 0.3) is 0 Å². The Balaban J connectivity index is 1.81. The number of carbonyl (C=O) groups excluding carboxylic acids is 1. The monoisotopic (exact) mass is 283 g/mol. The molecule has 1 aliphatic rings. The molecule has 2 rings (SSSR count). The number of hydrogen-bond donors (Lipinski definition) is 2. The van der Waals surface area contributed by atoms with Gasteiger partial charge in [-0.2, -0.15) is 0 Å². The van der Waals surface area contributed by atoms with Crippen LogP contribution in [0, 0.1) is 12.8 Å². The molecule has 1 saturated heterocycles. The first kappa shape index (κ1) is 14.4. The number of nitrogens with zero attached hydrogens (tertiary/aromatic N) is 1. The third kappa shape index (κ3) is 3.99. The van der Waals surface area contributed by atoms with Crippen LogP contribution >= 0.6 is 11.3 Å². The lowest BCUT2D eigenvalue weighted by atomic mass is 10.0. The first-order chi connectivity index (χ1) is 9.20. The molecule has 1 amide bonds. The van der Waals surface area contributed by atoms with Crippen LogP contribution in [0.25, 0.3) is 0 Å². The summed E-state index contributed by atoms with van der Waals surface area (Å²) in [6.45, 7) is 6.62. The van der Waals surface area contributed by atoms with Gasteiger partial charge in [0.2, 0.25) is 5.91 Å². The van der Waals surface area contributed by atoms with Crippen LogP contribution in [-0.4, -0.2) is 36.7 Å². The summed E-state index contributed by atoms with van der Waals surface area (Å²) in [6.07, 6.45) is 1.06. The zero-order chi connectivity index (χ0) is 13.7. The van der Waals surface area contributed by atoms with Gasteiger partial charge < -0.3 is 15.4 Å². The lowest BCUT2D eigenvalue weighted by Crippen LogP contribution is -2.44. The Morgan fingerprint density at radius 1 is 1.58 bits per heavy atom. The highest BCUT2D eigenvalue weighted by molar-refractivity contribution is 7.09. The Labute approximate surface area is 117 Å². The molecule has 0 spiro atoms. The molecule has 2 heterocycles. The van der Waals surface area contributed by atoms with E-state index in [4.69, 9.17) is 4.74 Å². The number of hydrogen-bond acceptors (Lipinski definition) is 5. The predicted molar refractivity (Wildman–Crippen MR) is 75.1 cm³/mol. The zero-order valence-electron chi connectivity index (χ0n) is 11.4. The highest BCUT2D eigenvalue weighted by Crippen LogP contribution is 2.14. The molecule has 106 valence electrons. The molecule has 2 unspecified atom stereocenters. The van der Waals surface area contributed by atoms with Crippen LogP contribution in [0.15, 0.2) is 5.38 Å². The van der Waals surface area contributed by atoms with Crippen molar-refractivity contribution in [1.29, 1.82) is 0 Å². The fourth-order valence-corrected chi connectivity index (χ4v) is 2.75. The minimum absolute atomic E-state index is 0.0526. The number of aryl methyl sites for hydroxylation is 1. The van der Waals surface area contributed by atoms with Crippen LogP contribution in [-0.2, 0) is 16.1 Å². The Bertz CT molecular complexity index is 422. The van der Waals surface area contributed by atoms with Crippen molar-refractivity contribution in [1.82, 2.24) is 15.6 Å². The maximum atomic E-state index is 12.1. The Morgan fingerprint density at radius 3 is 3.11 bits per heavy atom. The average molecular weight is 283 g/mol. The van der Waals surface area contributed by atoms with Crippen LogP contribution in [0.1, 0.15) is 24.0 Å². The van der Waals surface area contributed by atoms with Gasteiger partial charge in [-0.3, -0.25) is 4.79 Å². The van der Waals surface area contributed by atoms with E-state index < -0.39 is 0 Å². The maximum Gasteiger partial charge on any atom is 0.227 e. The molecule has 1 aromatic rings. The number of aromatic nitrogens is 1. The van der Waals surface area contributed by atoms with E-state index in [1.807, 2.05) is 12.3 Å². The highest BCUT2D eigenvalue weighted by Gasteiger charge is 2.33. The third-order valence-electron chi connectivity index (χ3n) is 3.18. The largest absolute Gasteiger partial charge is 0.379 e. The summed E-state index contributed by atoms with van der Waals surface area (Å²) < 4.78 is 5.41. The van der Waals surface area contributed by atoms with Crippen LogP contribution in [0.3, 0.4) is 0 Å². The van der Waals surface area contributed by atoms with E-state index in [0.717, 1.165) is 23.7 Å². The van der Waals surface area contributed by atoms with Gasteiger partial charge in [-0.05, 0) is 19.9 Å². The molecule has 6 heteroatoms. The van der Waals surface area contributed by atoms with E-state index >= 15 is 0 Å². The molecular formula is C13H21N3O2S. The SMILES string of the molecule is CCCNC1COCC1C(=O)NCc1csc(C)n1. The quantitative estimate of drug-likeness (QED) is 0.820. The van der Waals surface area contributed by atoms with Gasteiger partial charge in [-0.25, -0.2) is 4.98 Å². The fraction of sp³-hybridized carbons (Fsp3) is 0.692. The van der Waals surface area contributed by atoms with E-state index in [1.165, 1.54) is 0 Å². The molecule has 5 nitrogen and oxygen atoms in total. The van der Waals surface area contributed by atoms with Gasteiger partial charge in [-0.15, -0.1) is 11.3 Å². The van der Waals surface area contributed by atoms with E-state index in [1.54, 1.807) is 11.3 Å². The second-order valence-corrected chi connectivity index (χ2v) is 5.84. The van der Waals surface area contributed by atoms with Crippen molar-refractivity contribution in [3.8, 4) is 0 Å². The number of amides is 1. The van der Waals surface area contributed by atoms with Gasteiger partial charge in [0.05, 0.1) is 36.4 Å². The van der Waals surface area contributed by atoms with Crippen molar-refractivity contribution in [2.45, 2.75) is 32.9 Å². The number of rotatable bonds is 6. The number of carbonyl (C=O) groups is 1. The van der Waals surface area contributed by atoms with Gasteiger partial charge in [-0.1, -0.05) is 6.92 Å². The van der Waals surface area contributed by atoms with Crippen molar-refractivity contribution in [2.75, 3.05) is 19.8 Å². The standard InChI is InChI=1S/C13H21N3O2S/c1-3-4-14-12-7-18-6-11(12)13(17)15-5-10-8-19-9(2)16-10/h8,11-12,14H,3-7H2,1-2H3,(H,15,17). The second kappa shape index (κ2) is 6.98. The summed E-state index contributed by atoms with van der Waals surface area (Å²) in [4.78, 5) is 16.5. The molecular weight excluding hydrogens is 262 g/mol. The molecule has 0 bridgehead atoms. The summed E-state index contributed by atoms with van der Waals surface area (Å²) in [5.74, 6) is -0.0389. The zero-order valence-corrected chi connectivity index (χ0v) is 12.3. The molecule has 0 saturated carbocycles. The molecule has 19 heavy (non-hydrogen) atoms. The highest BCUT2D eigenvalue weighted by atomic mass is 32.1. The number of nitrogens with one attached hydrogen (secondary N) is 2. The number of thiazole rings is 1. The molecule has 0 aliphatic carbocycles. The lowest BCUT2D eigenvalue weighted by Gasteiger charge is -2.18. The maximum absolute atomic E-state index is 12.1. The molecule has 2 atom stereocenters. The first-order valence-electron chi connectivity index (χ1n) is 6.70. The van der Waals surface area contributed by atoms with Crippen molar-refractivity contribution < 1.29 is 9.53 Å². The summed E-state index contributed by atoms with van der Waals surface area (Å²) in [7, 11) is 0. The average Bonchev–Trinajstić information content (AvgIpc) is 3.02. The first-order valence-corrected chi connectivity index (χ1v) is 7.58. The summed E-state index contributed by atoms with van der Waals surface area (Å²) >= 11 is 1.60. The van der Waals surface area contributed by atoms with Crippen molar-refractivity contribution in [3.63, 3.8) is 0 Å². The van der Waals surface area contributed by atoms with Crippen molar-refractivity contribution >= 4 is 17.2 Å². The number of ether oxygens (including phenoxy) is 1. The summed E-state index contributed by atoms with van der Waals surface area (Å²) in [5.41, 5.74) is 0.924. The summed E-state index contributed by atoms with van der Waals surface area (Å²) in [5, 5.41) is 9.31. The summed E-state index contributed by atoms with van der Waals surface area (Å²) in [6, 6.07) is 0.136. The smallest absolute Gasteiger partial charge is 0.227 e. The molecule has 0 aromatic carbocycles. The van der Waals surface area contributed by atoms with Gasteiger partial charge in [0.15, 0.2) is 0 Å². The molecule has 1 fully saturated rings. The van der Waals surface area contributed by atoms with E-state index in [0.29, 0.717) is 19.8 Å². The molecule has 2 N–H and O–H groups in total. The van der Waals surface area contributed by atoms with Gasteiger partial charge in [0.1, 0.15) is 0 Å². The lowest BCUT2D eigenvalue weighted by molar-refractivity contribution is -0.125. The predicted octanol–water partition coefficient (Wildman–Crippen LogP) is 1.08. The molecule has 1 aliphatic heterocycles. The normalized spacial score (nSPS) is 22.6. The van der Waals surface area contributed by atoms with Gasteiger partial charge in [0, 0.05) is 11.4 Å². The third-order valence-corrected chi connectivity index (χ3v) is 4.01. The van der Waals surface area contributed by atoms with Crippen LogP contribution in [0.2, 0.25) is 0 Å². The Hall–Kier alpha value is -0.980. The molecule has 1 aromatic heterocycles. The fourth-order valence-electron chi connectivity index (χ4n) is 2.14. The van der Waals surface area contributed by atoms with E-state index in [-0.39, 0.29) is 17.9 Å². The Kier molecular flexibility index (Phi) is 5.30. The minimum atomic E-state index is -0.0914. The van der Waals surface area contributed by atoms with Crippen LogP contribution in [0.4, 0.5) is 0 Å². The topological polar surface area (TPSA) is 63.2 Å². The van der Waals surface area contributed by atoms with Crippen LogP contribution in [0.5, 0.6) is 0 Å².